The van der Waals surface area contributed by atoms with Crippen molar-refractivity contribution in [3.8, 4) is 22.5 Å². The SMILES string of the molecule is CCn1c(-c2ccccc2-c2ccc(C)cc2C)nc2cc(S(=O)Cc3ccccc3)ccc21. The second kappa shape index (κ2) is 9.40. The van der Waals surface area contributed by atoms with Crippen LogP contribution in [0.15, 0.2) is 95.9 Å². The zero-order valence-electron chi connectivity index (χ0n) is 19.8. The Labute approximate surface area is 203 Å². The summed E-state index contributed by atoms with van der Waals surface area (Å²) < 4.78 is 15.3. The highest BCUT2D eigenvalue weighted by Crippen LogP contribution is 2.35. The van der Waals surface area contributed by atoms with E-state index in [-0.39, 0.29) is 0 Å². The lowest BCUT2D eigenvalue weighted by molar-refractivity contribution is 0.682. The summed E-state index contributed by atoms with van der Waals surface area (Å²) in [5.41, 5.74) is 9.04. The molecule has 170 valence electrons. The van der Waals surface area contributed by atoms with E-state index in [1.165, 1.54) is 22.3 Å². The van der Waals surface area contributed by atoms with Crippen molar-refractivity contribution >= 4 is 21.8 Å². The van der Waals surface area contributed by atoms with E-state index in [2.05, 4.69) is 73.9 Å². The van der Waals surface area contributed by atoms with Crippen molar-refractivity contribution in [2.45, 2.75) is 38.0 Å². The Hall–Kier alpha value is -3.50. The maximum atomic E-state index is 13.1. The minimum absolute atomic E-state index is 0.503. The van der Waals surface area contributed by atoms with Gasteiger partial charge >= 0.3 is 0 Å². The van der Waals surface area contributed by atoms with Crippen molar-refractivity contribution in [1.29, 1.82) is 0 Å². The molecule has 1 atom stereocenters. The average molecular weight is 465 g/mol. The number of nitrogens with zero attached hydrogens (tertiary/aromatic N) is 2. The minimum Gasteiger partial charge on any atom is -0.324 e. The van der Waals surface area contributed by atoms with Crippen LogP contribution >= 0.6 is 0 Å². The lowest BCUT2D eigenvalue weighted by atomic mass is 9.94. The van der Waals surface area contributed by atoms with E-state index >= 15 is 0 Å². The Balaban J connectivity index is 1.59. The fourth-order valence-electron chi connectivity index (χ4n) is 4.61. The predicted molar refractivity (Wildman–Crippen MR) is 142 cm³/mol. The van der Waals surface area contributed by atoms with Gasteiger partial charge in [-0.2, -0.15) is 0 Å². The van der Waals surface area contributed by atoms with Crippen LogP contribution in [-0.2, 0) is 23.1 Å². The van der Waals surface area contributed by atoms with Crippen molar-refractivity contribution in [3.63, 3.8) is 0 Å². The van der Waals surface area contributed by atoms with E-state index in [9.17, 15) is 4.21 Å². The van der Waals surface area contributed by atoms with Gasteiger partial charge < -0.3 is 4.57 Å². The number of benzene rings is 4. The highest BCUT2D eigenvalue weighted by molar-refractivity contribution is 7.84. The van der Waals surface area contributed by atoms with Gasteiger partial charge in [0.1, 0.15) is 5.82 Å². The third-order valence-corrected chi connectivity index (χ3v) is 7.65. The average Bonchev–Trinajstić information content (AvgIpc) is 3.22. The van der Waals surface area contributed by atoms with Gasteiger partial charge in [0, 0.05) is 17.0 Å². The molecule has 0 aliphatic rings. The van der Waals surface area contributed by atoms with E-state index in [1.807, 2.05) is 42.5 Å². The largest absolute Gasteiger partial charge is 0.324 e. The maximum absolute atomic E-state index is 13.1. The van der Waals surface area contributed by atoms with E-state index in [1.54, 1.807) is 0 Å². The van der Waals surface area contributed by atoms with Gasteiger partial charge in [-0.1, -0.05) is 78.4 Å². The summed E-state index contributed by atoms with van der Waals surface area (Å²) >= 11 is 0. The van der Waals surface area contributed by atoms with E-state index in [0.29, 0.717) is 5.75 Å². The molecule has 34 heavy (non-hydrogen) atoms. The summed E-state index contributed by atoms with van der Waals surface area (Å²) in [6.07, 6.45) is 0. The minimum atomic E-state index is -1.12. The molecule has 5 rings (SSSR count). The van der Waals surface area contributed by atoms with Crippen molar-refractivity contribution < 1.29 is 4.21 Å². The molecule has 0 N–H and O–H groups in total. The molecule has 1 aromatic heterocycles. The summed E-state index contributed by atoms with van der Waals surface area (Å²) in [6, 6.07) is 31.1. The molecule has 0 aliphatic carbocycles. The normalized spacial score (nSPS) is 12.2. The molecule has 5 aromatic rings. The van der Waals surface area contributed by atoms with E-state index < -0.39 is 10.8 Å². The summed E-state index contributed by atoms with van der Waals surface area (Å²) in [5, 5.41) is 0. The number of imidazole rings is 1. The molecule has 0 saturated heterocycles. The zero-order valence-corrected chi connectivity index (χ0v) is 20.6. The molecule has 1 heterocycles. The standard InChI is InChI=1S/C30H28N2OS/c1-4-32-29-17-15-24(34(33)20-23-10-6-5-7-11-23)19-28(29)31-30(32)27-13-9-8-12-26(27)25-16-14-21(2)18-22(25)3/h5-19H,4,20H2,1-3H3. The fraction of sp³-hybridized carbons (Fsp3) is 0.167. The molecule has 3 nitrogen and oxygen atoms in total. The van der Waals surface area contributed by atoms with Gasteiger partial charge in [0.25, 0.3) is 0 Å². The van der Waals surface area contributed by atoms with Gasteiger partial charge in [-0.25, -0.2) is 4.98 Å². The molecule has 4 aromatic carbocycles. The first-order valence-corrected chi connectivity index (χ1v) is 13.0. The second-order valence-corrected chi connectivity index (χ2v) is 10.1. The Bertz CT molecular complexity index is 1500. The van der Waals surface area contributed by atoms with Gasteiger partial charge in [-0.3, -0.25) is 4.21 Å². The molecule has 1 unspecified atom stereocenters. The fourth-order valence-corrected chi connectivity index (χ4v) is 5.74. The first-order valence-electron chi connectivity index (χ1n) is 11.6. The number of aromatic nitrogens is 2. The van der Waals surface area contributed by atoms with Crippen molar-refractivity contribution in [2.24, 2.45) is 0 Å². The Morgan fingerprint density at radius 3 is 2.26 bits per heavy atom. The molecule has 0 fully saturated rings. The summed E-state index contributed by atoms with van der Waals surface area (Å²) in [5.74, 6) is 1.45. The van der Waals surface area contributed by atoms with Crippen LogP contribution in [-0.4, -0.2) is 13.8 Å². The van der Waals surface area contributed by atoms with Crippen molar-refractivity contribution in [1.82, 2.24) is 9.55 Å². The Morgan fingerprint density at radius 1 is 0.794 bits per heavy atom. The molecular weight excluding hydrogens is 436 g/mol. The summed E-state index contributed by atoms with van der Waals surface area (Å²) in [4.78, 5) is 5.88. The van der Waals surface area contributed by atoms with Crippen LogP contribution in [0.5, 0.6) is 0 Å². The Morgan fingerprint density at radius 2 is 1.53 bits per heavy atom. The first-order chi connectivity index (χ1) is 16.5. The molecule has 0 radical (unpaired) electrons. The van der Waals surface area contributed by atoms with Crippen LogP contribution in [0, 0.1) is 13.8 Å². The van der Waals surface area contributed by atoms with Gasteiger partial charge in [-0.05, 0) is 61.2 Å². The molecule has 0 amide bonds. The van der Waals surface area contributed by atoms with Crippen LogP contribution in [0.2, 0.25) is 0 Å². The number of hydrogen-bond acceptors (Lipinski definition) is 2. The number of hydrogen-bond donors (Lipinski definition) is 0. The number of fused-ring (bicyclic) bond motifs is 1. The summed E-state index contributed by atoms with van der Waals surface area (Å²) in [7, 11) is -1.12. The number of aryl methyl sites for hydroxylation is 3. The monoisotopic (exact) mass is 464 g/mol. The molecule has 0 bridgehead atoms. The highest BCUT2D eigenvalue weighted by Gasteiger charge is 2.17. The zero-order chi connectivity index (χ0) is 23.7. The van der Waals surface area contributed by atoms with Gasteiger partial charge in [-0.15, -0.1) is 0 Å². The molecular formula is C30H28N2OS. The predicted octanol–water partition coefficient (Wildman–Crippen LogP) is 7.31. The lowest BCUT2D eigenvalue weighted by Crippen LogP contribution is -1.99. The lowest BCUT2D eigenvalue weighted by Gasteiger charge is -2.14. The van der Waals surface area contributed by atoms with Crippen molar-refractivity contribution in [3.05, 3.63) is 108 Å². The van der Waals surface area contributed by atoms with Crippen LogP contribution < -0.4 is 0 Å². The van der Waals surface area contributed by atoms with Crippen LogP contribution in [0.4, 0.5) is 0 Å². The maximum Gasteiger partial charge on any atom is 0.141 e. The van der Waals surface area contributed by atoms with Gasteiger partial charge in [0.2, 0.25) is 0 Å². The van der Waals surface area contributed by atoms with Crippen LogP contribution in [0.3, 0.4) is 0 Å². The van der Waals surface area contributed by atoms with E-state index in [0.717, 1.165) is 39.4 Å². The summed E-state index contributed by atoms with van der Waals surface area (Å²) in [6.45, 7) is 7.24. The topological polar surface area (TPSA) is 34.9 Å². The molecule has 4 heteroatoms. The Kier molecular flexibility index (Phi) is 6.16. The molecule has 0 aliphatic heterocycles. The first kappa shape index (κ1) is 22.3. The van der Waals surface area contributed by atoms with Gasteiger partial charge in [0.15, 0.2) is 0 Å². The second-order valence-electron chi connectivity index (χ2n) is 8.67. The quantitative estimate of drug-likeness (QED) is 0.264. The third kappa shape index (κ3) is 4.22. The molecule has 0 spiro atoms. The van der Waals surface area contributed by atoms with Gasteiger partial charge in [0.05, 0.1) is 27.6 Å². The third-order valence-electron chi connectivity index (χ3n) is 6.28. The molecule has 0 saturated carbocycles. The van der Waals surface area contributed by atoms with Crippen LogP contribution in [0.1, 0.15) is 23.6 Å². The number of rotatable bonds is 6. The van der Waals surface area contributed by atoms with E-state index in [4.69, 9.17) is 4.98 Å². The smallest absolute Gasteiger partial charge is 0.141 e. The highest BCUT2D eigenvalue weighted by atomic mass is 32.2. The van der Waals surface area contributed by atoms with Crippen LogP contribution in [0.25, 0.3) is 33.5 Å². The van der Waals surface area contributed by atoms with Crippen molar-refractivity contribution in [2.75, 3.05) is 0 Å².